The van der Waals surface area contributed by atoms with Crippen molar-refractivity contribution in [3.8, 4) is 22.3 Å². The molecule has 8 rings (SSSR count). The van der Waals surface area contributed by atoms with Crippen LogP contribution < -0.4 is 21.7 Å². The lowest BCUT2D eigenvalue weighted by Gasteiger charge is -2.16. The van der Waals surface area contributed by atoms with Crippen molar-refractivity contribution in [2.45, 2.75) is 0 Å². The number of hydrogen-bond acceptors (Lipinski definition) is 4. The third-order valence-corrected chi connectivity index (χ3v) is 8.92. The van der Waals surface area contributed by atoms with Crippen LogP contribution in [0, 0.1) is 0 Å². The standard InChI is InChI=1S/C24H20N2.C12H9Br.C12H12N2/c1-3-11-19(12-4-1)21-15-7-8-16-22(21)26-24-18-10-9-17-23(24)25-20-13-5-2-6-14-20;13-12-9-5-4-8-11(12)10-6-2-1-3-7-10;13-11-8-4-5-9-12(11)14-10-6-2-1-3-7-10/h1-18,25-26H;1-9H;1-9,14H,13H2. The van der Waals surface area contributed by atoms with E-state index < -0.39 is 0 Å². The highest BCUT2D eigenvalue weighted by atomic mass is 79.9. The Hall–Kier alpha value is -6.56. The van der Waals surface area contributed by atoms with Gasteiger partial charge in [0.15, 0.2) is 0 Å². The lowest BCUT2D eigenvalue weighted by atomic mass is 10.0. The van der Waals surface area contributed by atoms with E-state index in [0.29, 0.717) is 0 Å². The molecular weight excluding hydrogens is 712 g/mol. The number of hydrogen-bond donors (Lipinski definition) is 4. The van der Waals surface area contributed by atoms with E-state index in [4.69, 9.17) is 5.73 Å². The third kappa shape index (κ3) is 10.7. The highest BCUT2D eigenvalue weighted by molar-refractivity contribution is 9.10. The molecule has 0 radical (unpaired) electrons. The second-order valence-electron chi connectivity index (χ2n) is 12.0. The van der Waals surface area contributed by atoms with E-state index in [1.807, 2.05) is 109 Å². The Balaban J connectivity index is 0.000000150. The van der Waals surface area contributed by atoms with Crippen LogP contribution in [0.25, 0.3) is 22.3 Å². The van der Waals surface area contributed by atoms with Gasteiger partial charge in [0.1, 0.15) is 0 Å². The maximum atomic E-state index is 5.81. The summed E-state index contributed by atoms with van der Waals surface area (Å²) in [6, 6.07) is 73.6. The van der Waals surface area contributed by atoms with Gasteiger partial charge in [0, 0.05) is 27.1 Å². The fraction of sp³-hybridized carbons (Fsp3) is 0. The number of para-hydroxylation sites is 7. The molecule has 4 nitrogen and oxygen atoms in total. The van der Waals surface area contributed by atoms with Gasteiger partial charge in [-0.2, -0.15) is 0 Å². The Morgan fingerprint density at radius 2 is 0.660 bits per heavy atom. The summed E-state index contributed by atoms with van der Waals surface area (Å²) in [6.07, 6.45) is 0. The lowest BCUT2D eigenvalue weighted by molar-refractivity contribution is 1.50. The molecule has 0 spiro atoms. The van der Waals surface area contributed by atoms with Gasteiger partial charge in [0.2, 0.25) is 0 Å². The molecule has 8 aromatic carbocycles. The predicted molar refractivity (Wildman–Crippen MR) is 231 cm³/mol. The normalized spacial score (nSPS) is 10.1. The van der Waals surface area contributed by atoms with Crippen LogP contribution >= 0.6 is 15.9 Å². The van der Waals surface area contributed by atoms with Gasteiger partial charge in [-0.3, -0.25) is 0 Å². The molecule has 0 amide bonds. The second-order valence-corrected chi connectivity index (χ2v) is 12.9. The van der Waals surface area contributed by atoms with Gasteiger partial charge in [0.05, 0.1) is 22.7 Å². The van der Waals surface area contributed by atoms with Crippen molar-refractivity contribution < 1.29 is 0 Å². The quantitative estimate of drug-likeness (QED) is 0.117. The van der Waals surface area contributed by atoms with Gasteiger partial charge in [-0.15, -0.1) is 0 Å². The smallest absolute Gasteiger partial charge is 0.0623 e. The highest BCUT2D eigenvalue weighted by Crippen LogP contribution is 2.34. The molecule has 53 heavy (non-hydrogen) atoms. The van der Waals surface area contributed by atoms with Crippen molar-refractivity contribution in [3.05, 3.63) is 223 Å². The van der Waals surface area contributed by atoms with Gasteiger partial charge >= 0.3 is 0 Å². The Labute approximate surface area is 321 Å². The average Bonchev–Trinajstić information content (AvgIpc) is 3.22. The molecule has 0 unspecified atom stereocenters. The van der Waals surface area contributed by atoms with E-state index in [-0.39, 0.29) is 0 Å². The molecule has 5 N–H and O–H groups in total. The number of benzene rings is 8. The summed E-state index contributed by atoms with van der Waals surface area (Å²) in [5.41, 5.74) is 17.7. The summed E-state index contributed by atoms with van der Waals surface area (Å²) in [6.45, 7) is 0. The number of nitrogen functional groups attached to an aromatic ring is 1. The predicted octanol–water partition coefficient (Wildman–Crippen LogP) is 14.0. The van der Waals surface area contributed by atoms with Crippen molar-refractivity contribution in [1.82, 2.24) is 0 Å². The molecule has 0 bridgehead atoms. The molecule has 0 saturated carbocycles. The summed E-state index contributed by atoms with van der Waals surface area (Å²) < 4.78 is 1.14. The molecule has 5 heteroatoms. The SMILES string of the molecule is Brc1ccccc1-c1ccccc1.Nc1ccccc1Nc1ccccc1.c1ccc(Nc2ccccc2Nc2ccccc2-c2ccccc2)cc1. The minimum Gasteiger partial charge on any atom is -0.397 e. The molecule has 0 aliphatic heterocycles. The Morgan fingerprint density at radius 1 is 0.302 bits per heavy atom. The fourth-order valence-corrected chi connectivity index (χ4v) is 6.10. The van der Waals surface area contributed by atoms with Crippen molar-refractivity contribution >= 4 is 55.7 Å². The van der Waals surface area contributed by atoms with Crippen molar-refractivity contribution in [3.63, 3.8) is 0 Å². The Kier molecular flexibility index (Phi) is 13.1. The molecule has 0 aromatic heterocycles. The zero-order valence-electron chi connectivity index (χ0n) is 29.2. The zero-order chi connectivity index (χ0) is 36.5. The molecule has 0 saturated heterocycles. The summed E-state index contributed by atoms with van der Waals surface area (Å²) in [4.78, 5) is 0. The molecule has 0 aliphatic rings. The van der Waals surface area contributed by atoms with Crippen LogP contribution in [0.4, 0.5) is 39.8 Å². The first kappa shape index (κ1) is 36.2. The molecule has 0 atom stereocenters. The summed E-state index contributed by atoms with van der Waals surface area (Å²) in [5.74, 6) is 0. The van der Waals surface area contributed by atoms with Crippen LogP contribution in [0.3, 0.4) is 0 Å². The van der Waals surface area contributed by atoms with E-state index in [9.17, 15) is 0 Å². The third-order valence-electron chi connectivity index (χ3n) is 8.23. The minimum absolute atomic E-state index is 0.761. The number of rotatable bonds is 8. The maximum Gasteiger partial charge on any atom is 0.0623 e. The largest absolute Gasteiger partial charge is 0.397 e. The van der Waals surface area contributed by atoms with Crippen LogP contribution in [-0.4, -0.2) is 0 Å². The maximum absolute atomic E-state index is 5.81. The van der Waals surface area contributed by atoms with E-state index >= 15 is 0 Å². The van der Waals surface area contributed by atoms with Crippen LogP contribution in [-0.2, 0) is 0 Å². The zero-order valence-corrected chi connectivity index (χ0v) is 30.8. The van der Waals surface area contributed by atoms with Crippen molar-refractivity contribution in [2.24, 2.45) is 0 Å². The second kappa shape index (κ2) is 19.2. The van der Waals surface area contributed by atoms with E-state index in [2.05, 4.69) is 141 Å². The molecule has 0 aliphatic carbocycles. The van der Waals surface area contributed by atoms with Gasteiger partial charge in [0.25, 0.3) is 0 Å². The van der Waals surface area contributed by atoms with Crippen molar-refractivity contribution in [1.29, 1.82) is 0 Å². The van der Waals surface area contributed by atoms with Gasteiger partial charge < -0.3 is 21.7 Å². The number of nitrogens with two attached hydrogens (primary N) is 1. The van der Waals surface area contributed by atoms with Crippen LogP contribution in [0.15, 0.2) is 223 Å². The summed E-state index contributed by atoms with van der Waals surface area (Å²) >= 11 is 3.53. The summed E-state index contributed by atoms with van der Waals surface area (Å²) in [5, 5.41) is 10.3. The molecule has 260 valence electrons. The first-order valence-electron chi connectivity index (χ1n) is 17.4. The Morgan fingerprint density at radius 3 is 1.19 bits per heavy atom. The molecular formula is C48H41BrN4. The minimum atomic E-state index is 0.761. The van der Waals surface area contributed by atoms with Gasteiger partial charge in [-0.05, 0) is 77.4 Å². The van der Waals surface area contributed by atoms with Gasteiger partial charge in [-0.1, -0.05) is 174 Å². The number of anilines is 7. The number of halogens is 1. The van der Waals surface area contributed by atoms with E-state index in [1.165, 1.54) is 22.3 Å². The Bertz CT molecular complexity index is 2280. The topological polar surface area (TPSA) is 62.1 Å². The van der Waals surface area contributed by atoms with E-state index in [1.54, 1.807) is 0 Å². The van der Waals surface area contributed by atoms with Crippen LogP contribution in [0.2, 0.25) is 0 Å². The molecule has 0 heterocycles. The first-order chi connectivity index (χ1) is 26.1. The average molecular weight is 754 g/mol. The fourth-order valence-electron chi connectivity index (χ4n) is 5.59. The molecule has 0 fully saturated rings. The summed E-state index contributed by atoms with van der Waals surface area (Å²) in [7, 11) is 0. The monoisotopic (exact) mass is 752 g/mol. The lowest BCUT2D eigenvalue weighted by Crippen LogP contribution is -1.98. The van der Waals surface area contributed by atoms with Crippen molar-refractivity contribution in [2.75, 3.05) is 21.7 Å². The molecule has 8 aromatic rings. The highest BCUT2D eigenvalue weighted by Gasteiger charge is 2.08. The number of nitrogens with one attached hydrogen (secondary N) is 3. The van der Waals surface area contributed by atoms with E-state index in [0.717, 1.165) is 44.3 Å². The van der Waals surface area contributed by atoms with Crippen LogP contribution in [0.1, 0.15) is 0 Å². The first-order valence-corrected chi connectivity index (χ1v) is 18.2. The van der Waals surface area contributed by atoms with Gasteiger partial charge in [-0.25, -0.2) is 0 Å². The van der Waals surface area contributed by atoms with Crippen LogP contribution in [0.5, 0.6) is 0 Å².